The molecular formula is C16H8Br2N2O2. The molecule has 2 aromatic carbocycles. The van der Waals surface area contributed by atoms with Gasteiger partial charge in [0.05, 0.1) is 10.9 Å². The van der Waals surface area contributed by atoms with Gasteiger partial charge in [-0.2, -0.15) is 0 Å². The minimum atomic E-state index is -0.206. The number of H-pyrrole nitrogens is 1. The smallest absolute Gasteiger partial charge is 0.259 e. The quantitative estimate of drug-likeness (QED) is 0.479. The van der Waals surface area contributed by atoms with E-state index < -0.39 is 0 Å². The number of para-hydroxylation sites is 1. The number of aromatic nitrogens is 2. The molecule has 1 N–H and O–H groups in total. The van der Waals surface area contributed by atoms with Gasteiger partial charge in [-0.15, -0.1) is 0 Å². The number of benzene rings is 2. The molecule has 6 heteroatoms. The normalized spacial score (nSPS) is 11.4. The number of aromatic amines is 1. The van der Waals surface area contributed by atoms with Gasteiger partial charge in [-0.1, -0.05) is 34.1 Å². The Morgan fingerprint density at radius 3 is 2.73 bits per heavy atom. The van der Waals surface area contributed by atoms with E-state index in [1.54, 1.807) is 6.07 Å². The zero-order chi connectivity index (χ0) is 15.3. The number of halogens is 2. The van der Waals surface area contributed by atoms with E-state index in [0.717, 1.165) is 19.9 Å². The Balaban J connectivity index is 2.01. The van der Waals surface area contributed by atoms with Gasteiger partial charge in [0.2, 0.25) is 0 Å². The summed E-state index contributed by atoms with van der Waals surface area (Å²) >= 11 is 6.82. The number of nitrogens with one attached hydrogen (secondary N) is 1. The fraction of sp³-hybridized carbons (Fsp3) is 0. The standard InChI is InChI=1S/C16H8Br2N2O2/c17-9-6-10-14(11(18)7-9)19-15(20-16(10)21)13-5-8-3-1-2-4-12(8)22-13/h1-7H,(H,19,20,21). The third-order valence-electron chi connectivity index (χ3n) is 3.39. The summed E-state index contributed by atoms with van der Waals surface area (Å²) in [7, 11) is 0. The number of rotatable bonds is 1. The van der Waals surface area contributed by atoms with E-state index in [2.05, 4.69) is 41.8 Å². The predicted molar refractivity (Wildman–Crippen MR) is 93.0 cm³/mol. The molecule has 2 heterocycles. The molecule has 4 nitrogen and oxygen atoms in total. The average molecular weight is 420 g/mol. The van der Waals surface area contributed by atoms with E-state index in [4.69, 9.17) is 4.42 Å². The first-order valence-corrected chi connectivity index (χ1v) is 8.08. The van der Waals surface area contributed by atoms with Gasteiger partial charge in [0.15, 0.2) is 11.6 Å². The van der Waals surface area contributed by atoms with Crippen molar-refractivity contribution in [3.05, 3.63) is 61.8 Å². The van der Waals surface area contributed by atoms with Crippen molar-refractivity contribution in [2.45, 2.75) is 0 Å². The van der Waals surface area contributed by atoms with E-state index in [9.17, 15) is 4.79 Å². The van der Waals surface area contributed by atoms with Crippen LogP contribution < -0.4 is 5.56 Å². The summed E-state index contributed by atoms with van der Waals surface area (Å²) in [6.07, 6.45) is 0. The molecule has 108 valence electrons. The molecular weight excluding hydrogens is 412 g/mol. The van der Waals surface area contributed by atoms with Gasteiger partial charge in [0, 0.05) is 14.3 Å². The molecule has 0 fully saturated rings. The van der Waals surface area contributed by atoms with Crippen molar-refractivity contribution in [2.75, 3.05) is 0 Å². The highest BCUT2D eigenvalue weighted by atomic mass is 79.9. The van der Waals surface area contributed by atoms with Crippen LogP contribution in [-0.4, -0.2) is 9.97 Å². The van der Waals surface area contributed by atoms with Crippen LogP contribution in [0.25, 0.3) is 33.5 Å². The molecule has 0 aliphatic rings. The first kappa shape index (κ1) is 13.7. The van der Waals surface area contributed by atoms with E-state index in [0.29, 0.717) is 22.5 Å². The maximum absolute atomic E-state index is 12.3. The lowest BCUT2D eigenvalue weighted by atomic mass is 10.2. The van der Waals surface area contributed by atoms with Crippen molar-refractivity contribution in [3.8, 4) is 11.6 Å². The maximum Gasteiger partial charge on any atom is 0.259 e. The van der Waals surface area contributed by atoms with Crippen molar-refractivity contribution >= 4 is 53.7 Å². The van der Waals surface area contributed by atoms with Gasteiger partial charge >= 0.3 is 0 Å². The zero-order valence-electron chi connectivity index (χ0n) is 11.1. The Labute approximate surface area is 141 Å². The van der Waals surface area contributed by atoms with Crippen LogP contribution in [-0.2, 0) is 0 Å². The van der Waals surface area contributed by atoms with Crippen LogP contribution >= 0.6 is 31.9 Å². The second-order valence-corrected chi connectivity index (χ2v) is 6.62. The monoisotopic (exact) mass is 418 g/mol. The van der Waals surface area contributed by atoms with Gasteiger partial charge in [-0.25, -0.2) is 4.98 Å². The molecule has 0 saturated heterocycles. The highest BCUT2D eigenvalue weighted by Gasteiger charge is 2.13. The molecule has 0 radical (unpaired) electrons. The lowest BCUT2D eigenvalue weighted by Crippen LogP contribution is -2.09. The van der Waals surface area contributed by atoms with Crippen molar-refractivity contribution in [1.82, 2.24) is 9.97 Å². The number of nitrogens with zero attached hydrogens (tertiary/aromatic N) is 1. The minimum Gasteiger partial charge on any atom is -0.453 e. The third kappa shape index (κ3) is 2.19. The molecule has 0 aliphatic carbocycles. The van der Waals surface area contributed by atoms with E-state index in [1.807, 2.05) is 36.4 Å². The van der Waals surface area contributed by atoms with Crippen LogP contribution in [0.4, 0.5) is 0 Å². The molecule has 0 saturated carbocycles. The van der Waals surface area contributed by atoms with Crippen LogP contribution in [0.15, 0.2) is 60.6 Å². The second kappa shape index (κ2) is 5.07. The molecule has 4 aromatic rings. The maximum atomic E-state index is 12.3. The third-order valence-corrected chi connectivity index (χ3v) is 4.45. The van der Waals surface area contributed by atoms with Crippen molar-refractivity contribution in [3.63, 3.8) is 0 Å². The van der Waals surface area contributed by atoms with E-state index >= 15 is 0 Å². The number of hydrogen-bond donors (Lipinski definition) is 1. The lowest BCUT2D eigenvalue weighted by Gasteiger charge is -2.03. The summed E-state index contributed by atoms with van der Waals surface area (Å²) < 4.78 is 7.33. The molecule has 2 aromatic heterocycles. The Morgan fingerprint density at radius 2 is 1.91 bits per heavy atom. The van der Waals surface area contributed by atoms with Crippen LogP contribution in [0.5, 0.6) is 0 Å². The Bertz CT molecular complexity index is 1050. The first-order valence-electron chi connectivity index (χ1n) is 6.50. The van der Waals surface area contributed by atoms with E-state index in [1.165, 1.54) is 0 Å². The summed E-state index contributed by atoms with van der Waals surface area (Å²) in [5.41, 5.74) is 1.15. The van der Waals surface area contributed by atoms with Gasteiger partial charge in [-0.3, -0.25) is 4.79 Å². The van der Waals surface area contributed by atoms with Crippen molar-refractivity contribution in [1.29, 1.82) is 0 Å². The Hall–Kier alpha value is -1.92. The van der Waals surface area contributed by atoms with Crippen LogP contribution in [0.2, 0.25) is 0 Å². The summed E-state index contributed by atoms with van der Waals surface area (Å²) in [6.45, 7) is 0. The molecule has 0 unspecified atom stereocenters. The zero-order valence-corrected chi connectivity index (χ0v) is 14.2. The van der Waals surface area contributed by atoms with Crippen LogP contribution in [0, 0.1) is 0 Å². The van der Waals surface area contributed by atoms with Crippen molar-refractivity contribution < 1.29 is 4.42 Å². The number of hydrogen-bond acceptors (Lipinski definition) is 3. The van der Waals surface area contributed by atoms with Gasteiger partial charge in [0.1, 0.15) is 5.58 Å². The van der Waals surface area contributed by atoms with Crippen LogP contribution in [0.3, 0.4) is 0 Å². The first-order chi connectivity index (χ1) is 10.6. The number of furan rings is 1. The molecule has 0 aliphatic heterocycles. The largest absolute Gasteiger partial charge is 0.453 e. The summed E-state index contributed by atoms with van der Waals surface area (Å²) in [5, 5.41) is 1.48. The fourth-order valence-corrected chi connectivity index (χ4v) is 3.70. The predicted octanol–water partition coefficient (Wildman–Crippen LogP) is 4.86. The highest BCUT2D eigenvalue weighted by molar-refractivity contribution is 9.11. The molecule has 0 atom stereocenters. The topological polar surface area (TPSA) is 58.9 Å². The lowest BCUT2D eigenvalue weighted by molar-refractivity contribution is 0.625. The van der Waals surface area contributed by atoms with Crippen LogP contribution in [0.1, 0.15) is 0 Å². The fourth-order valence-electron chi connectivity index (χ4n) is 2.38. The molecule has 0 spiro atoms. The highest BCUT2D eigenvalue weighted by Crippen LogP contribution is 2.29. The average Bonchev–Trinajstić information content (AvgIpc) is 2.92. The Kier molecular flexibility index (Phi) is 3.16. The summed E-state index contributed by atoms with van der Waals surface area (Å²) in [5.74, 6) is 0.951. The van der Waals surface area contributed by atoms with E-state index in [-0.39, 0.29) is 5.56 Å². The minimum absolute atomic E-state index is 0.206. The van der Waals surface area contributed by atoms with Gasteiger partial charge < -0.3 is 9.40 Å². The molecule has 0 amide bonds. The van der Waals surface area contributed by atoms with Gasteiger partial charge in [0.25, 0.3) is 5.56 Å². The summed E-state index contributed by atoms with van der Waals surface area (Å²) in [4.78, 5) is 19.6. The number of fused-ring (bicyclic) bond motifs is 2. The summed E-state index contributed by atoms with van der Waals surface area (Å²) in [6, 6.07) is 13.1. The SMILES string of the molecule is O=c1[nH]c(-c2cc3ccccc3o2)nc2c(Br)cc(Br)cc12. The van der Waals surface area contributed by atoms with Gasteiger partial charge in [-0.05, 0) is 40.2 Å². The molecule has 22 heavy (non-hydrogen) atoms. The molecule has 0 bridgehead atoms. The Morgan fingerprint density at radius 1 is 1.09 bits per heavy atom. The second-order valence-electron chi connectivity index (χ2n) is 4.85. The molecule has 4 rings (SSSR count). The van der Waals surface area contributed by atoms with Crippen molar-refractivity contribution in [2.24, 2.45) is 0 Å².